The summed E-state index contributed by atoms with van der Waals surface area (Å²) in [6, 6.07) is 10.3. The molecule has 0 fully saturated rings. The number of benzene rings is 1. The van der Waals surface area contributed by atoms with Gasteiger partial charge in [-0.25, -0.2) is 5.48 Å². The van der Waals surface area contributed by atoms with E-state index in [2.05, 4.69) is 17.6 Å². The Labute approximate surface area is 87.8 Å². The van der Waals surface area contributed by atoms with E-state index >= 15 is 0 Å². The van der Waals surface area contributed by atoms with Crippen LogP contribution in [-0.4, -0.2) is 18.8 Å². The first-order valence-electron chi connectivity index (χ1n) is 4.36. The van der Waals surface area contributed by atoms with Gasteiger partial charge in [0, 0.05) is 11.5 Å². The second kappa shape index (κ2) is 7.41. The Hall–Kier alpha value is -1.00. The summed E-state index contributed by atoms with van der Waals surface area (Å²) in [5, 5.41) is 0. The minimum absolute atomic E-state index is 0.530. The second-order valence-corrected chi connectivity index (χ2v) is 3.73. The van der Waals surface area contributed by atoms with Crippen molar-refractivity contribution in [3.8, 4) is 0 Å². The normalized spacial score (nSPS) is 9.71. The second-order valence-electron chi connectivity index (χ2n) is 2.62. The highest BCUT2D eigenvalue weighted by Gasteiger charge is 1.92. The maximum Gasteiger partial charge on any atom is 0.230 e. The Morgan fingerprint density at radius 3 is 2.86 bits per heavy atom. The Balaban J connectivity index is 2.02. The fourth-order valence-corrected chi connectivity index (χ4v) is 1.73. The van der Waals surface area contributed by atoms with E-state index in [0.717, 1.165) is 11.5 Å². The molecule has 1 aromatic rings. The Morgan fingerprint density at radius 1 is 1.36 bits per heavy atom. The predicted octanol–water partition coefficient (Wildman–Crippen LogP) is 1.60. The predicted molar refractivity (Wildman–Crippen MR) is 57.8 cm³/mol. The molecule has 0 aliphatic rings. The van der Waals surface area contributed by atoms with Gasteiger partial charge in [-0.15, -0.1) is 0 Å². The molecule has 4 heteroatoms. The lowest BCUT2D eigenvalue weighted by Crippen LogP contribution is -2.13. The lowest BCUT2D eigenvalue weighted by atomic mass is 10.2. The fraction of sp³-hybridized carbons (Fsp3) is 0.300. The zero-order valence-corrected chi connectivity index (χ0v) is 8.63. The minimum atomic E-state index is 0.530. The van der Waals surface area contributed by atoms with E-state index in [0.29, 0.717) is 13.0 Å². The number of hydrogen-bond acceptors (Lipinski definition) is 3. The molecular formula is C10H13NO2S. The molecule has 0 saturated carbocycles. The van der Waals surface area contributed by atoms with Crippen molar-refractivity contribution in [3.05, 3.63) is 35.9 Å². The molecule has 0 spiro atoms. The molecule has 0 aromatic heterocycles. The first kappa shape index (κ1) is 11.1. The van der Waals surface area contributed by atoms with Crippen molar-refractivity contribution in [1.29, 1.82) is 0 Å². The molecule has 0 saturated heterocycles. The van der Waals surface area contributed by atoms with Crippen LogP contribution < -0.4 is 5.48 Å². The van der Waals surface area contributed by atoms with E-state index in [-0.39, 0.29) is 0 Å². The van der Waals surface area contributed by atoms with E-state index in [1.165, 1.54) is 5.56 Å². The van der Waals surface area contributed by atoms with Crippen LogP contribution in [0.1, 0.15) is 5.56 Å². The van der Waals surface area contributed by atoms with Crippen LogP contribution in [0.2, 0.25) is 0 Å². The van der Waals surface area contributed by atoms with Gasteiger partial charge in [0.05, 0.1) is 6.61 Å². The number of nitrogens with one attached hydrogen (secondary N) is 1. The van der Waals surface area contributed by atoms with Crippen molar-refractivity contribution in [2.24, 2.45) is 0 Å². The highest BCUT2D eigenvalue weighted by atomic mass is 32.2. The quantitative estimate of drug-likeness (QED) is 0.423. The number of hydroxylamine groups is 1. The lowest BCUT2D eigenvalue weighted by Gasteiger charge is -2.01. The fourth-order valence-electron chi connectivity index (χ4n) is 0.958. The number of hydrogen-bond donors (Lipinski definition) is 1. The first-order valence-corrected chi connectivity index (χ1v) is 5.51. The SMILES string of the molecule is O=CNOCCSCc1ccccc1. The third-order valence-corrected chi connectivity index (χ3v) is 2.57. The van der Waals surface area contributed by atoms with E-state index in [1.807, 2.05) is 18.2 Å². The van der Waals surface area contributed by atoms with Crippen LogP contribution in [0.5, 0.6) is 0 Å². The summed E-state index contributed by atoms with van der Waals surface area (Å²) in [7, 11) is 0. The number of thioether (sulfide) groups is 1. The maximum absolute atomic E-state index is 9.82. The smallest absolute Gasteiger partial charge is 0.230 e. The molecule has 3 nitrogen and oxygen atoms in total. The molecule has 0 aliphatic carbocycles. The molecule has 1 aromatic carbocycles. The van der Waals surface area contributed by atoms with E-state index in [4.69, 9.17) is 4.84 Å². The summed E-state index contributed by atoms with van der Waals surface area (Å²) in [4.78, 5) is 14.6. The van der Waals surface area contributed by atoms with Crippen LogP contribution in [0.25, 0.3) is 0 Å². The molecule has 14 heavy (non-hydrogen) atoms. The zero-order valence-electron chi connectivity index (χ0n) is 7.81. The largest absolute Gasteiger partial charge is 0.277 e. The maximum atomic E-state index is 9.82. The number of carbonyl (C=O) groups is 1. The molecule has 1 N–H and O–H groups in total. The van der Waals surface area contributed by atoms with Gasteiger partial charge >= 0.3 is 0 Å². The van der Waals surface area contributed by atoms with Crippen LogP contribution in [-0.2, 0) is 15.4 Å². The van der Waals surface area contributed by atoms with Crippen LogP contribution in [0.3, 0.4) is 0 Å². The van der Waals surface area contributed by atoms with Gasteiger partial charge in [0.1, 0.15) is 0 Å². The average molecular weight is 211 g/mol. The van der Waals surface area contributed by atoms with Crippen molar-refractivity contribution in [3.63, 3.8) is 0 Å². The highest BCUT2D eigenvalue weighted by molar-refractivity contribution is 7.98. The molecule has 1 rings (SSSR count). The van der Waals surface area contributed by atoms with Gasteiger partial charge in [0.25, 0.3) is 0 Å². The molecule has 0 radical (unpaired) electrons. The molecule has 1 amide bonds. The van der Waals surface area contributed by atoms with Gasteiger partial charge in [0.2, 0.25) is 6.41 Å². The monoisotopic (exact) mass is 211 g/mol. The Bertz CT molecular complexity index is 254. The molecule has 76 valence electrons. The highest BCUT2D eigenvalue weighted by Crippen LogP contribution is 2.10. The van der Waals surface area contributed by atoms with Crippen LogP contribution in [0.4, 0.5) is 0 Å². The van der Waals surface area contributed by atoms with E-state index in [1.54, 1.807) is 11.8 Å². The number of amides is 1. The molecule has 0 bridgehead atoms. The minimum Gasteiger partial charge on any atom is -0.277 e. The van der Waals surface area contributed by atoms with Gasteiger partial charge in [-0.3, -0.25) is 9.63 Å². The summed E-state index contributed by atoms with van der Waals surface area (Å²) in [5.41, 5.74) is 3.46. The van der Waals surface area contributed by atoms with Crippen LogP contribution in [0, 0.1) is 0 Å². The molecule has 0 heterocycles. The summed E-state index contributed by atoms with van der Waals surface area (Å²) in [5.74, 6) is 1.85. The van der Waals surface area contributed by atoms with Gasteiger partial charge < -0.3 is 0 Å². The average Bonchev–Trinajstić information content (AvgIpc) is 2.25. The lowest BCUT2D eigenvalue weighted by molar-refractivity contribution is -0.120. The van der Waals surface area contributed by atoms with Crippen molar-refractivity contribution in [1.82, 2.24) is 5.48 Å². The van der Waals surface area contributed by atoms with Crippen LogP contribution >= 0.6 is 11.8 Å². The Kier molecular flexibility index (Phi) is 5.86. The van der Waals surface area contributed by atoms with Crippen molar-refractivity contribution in [2.45, 2.75) is 5.75 Å². The Morgan fingerprint density at radius 2 is 2.14 bits per heavy atom. The number of rotatable bonds is 7. The van der Waals surface area contributed by atoms with Crippen molar-refractivity contribution >= 4 is 18.2 Å². The summed E-state index contributed by atoms with van der Waals surface area (Å²) >= 11 is 1.78. The van der Waals surface area contributed by atoms with E-state index in [9.17, 15) is 4.79 Å². The third kappa shape index (κ3) is 4.89. The summed E-state index contributed by atoms with van der Waals surface area (Å²) in [6.45, 7) is 0.538. The van der Waals surface area contributed by atoms with Crippen molar-refractivity contribution < 1.29 is 9.63 Å². The van der Waals surface area contributed by atoms with Gasteiger partial charge in [-0.1, -0.05) is 30.3 Å². The van der Waals surface area contributed by atoms with Gasteiger partial charge in [-0.05, 0) is 5.56 Å². The molecule has 0 unspecified atom stereocenters. The van der Waals surface area contributed by atoms with Crippen LogP contribution in [0.15, 0.2) is 30.3 Å². The number of carbonyl (C=O) groups excluding carboxylic acids is 1. The standard InChI is InChI=1S/C10H13NO2S/c12-9-11-13-6-7-14-8-10-4-2-1-3-5-10/h1-5,9H,6-8H2,(H,11,12). The summed E-state index contributed by atoms with van der Waals surface area (Å²) in [6.07, 6.45) is 0.530. The molecule has 0 aliphatic heterocycles. The van der Waals surface area contributed by atoms with Gasteiger partial charge in [-0.2, -0.15) is 11.8 Å². The molecular weight excluding hydrogens is 198 g/mol. The van der Waals surface area contributed by atoms with Gasteiger partial charge in [0.15, 0.2) is 0 Å². The van der Waals surface area contributed by atoms with E-state index < -0.39 is 0 Å². The zero-order chi connectivity index (χ0) is 10.1. The van der Waals surface area contributed by atoms with Crippen molar-refractivity contribution in [2.75, 3.05) is 12.4 Å². The molecule has 0 atom stereocenters. The third-order valence-electron chi connectivity index (χ3n) is 1.57. The summed E-state index contributed by atoms with van der Waals surface area (Å²) < 4.78 is 0. The topological polar surface area (TPSA) is 38.3 Å². The first-order chi connectivity index (χ1) is 6.93.